The molecule has 0 aliphatic carbocycles. The lowest BCUT2D eigenvalue weighted by Crippen LogP contribution is -1.99. The first-order valence-corrected chi connectivity index (χ1v) is 8.03. The number of benzene rings is 2. The summed E-state index contributed by atoms with van der Waals surface area (Å²) in [7, 11) is 6.66. The molecule has 5 heteroatoms. The van der Waals surface area contributed by atoms with Crippen LogP contribution in [0.4, 0.5) is 0 Å². The van der Waals surface area contributed by atoms with Gasteiger partial charge in [-0.15, -0.1) is 0 Å². The molecule has 3 rings (SSSR count). The molecule has 0 atom stereocenters. The van der Waals surface area contributed by atoms with E-state index in [4.69, 9.17) is 14.2 Å². The number of methoxy groups -OCH3 is 3. The number of aromatic nitrogens is 1. The summed E-state index contributed by atoms with van der Waals surface area (Å²) in [6.45, 7) is 4.24. The van der Waals surface area contributed by atoms with Crippen LogP contribution < -0.4 is 14.2 Å². The van der Waals surface area contributed by atoms with Gasteiger partial charge in [-0.25, -0.2) is 0 Å². The SMILES string of the molecule is C=C(c1ccc2c(c1)c(C#N)cn2C)c1ccc(OC)c(OC)c1OC. The van der Waals surface area contributed by atoms with Gasteiger partial charge in [0, 0.05) is 29.7 Å². The second-order valence-electron chi connectivity index (χ2n) is 5.86. The highest BCUT2D eigenvalue weighted by atomic mass is 16.5. The lowest BCUT2D eigenvalue weighted by Gasteiger charge is -2.17. The first-order valence-electron chi connectivity index (χ1n) is 8.03. The van der Waals surface area contributed by atoms with Gasteiger partial charge in [0.2, 0.25) is 5.75 Å². The molecular weight excluding hydrogens is 328 g/mol. The van der Waals surface area contributed by atoms with Crippen molar-refractivity contribution in [2.24, 2.45) is 7.05 Å². The molecule has 0 aliphatic heterocycles. The number of rotatable bonds is 5. The topological polar surface area (TPSA) is 56.4 Å². The summed E-state index contributed by atoms with van der Waals surface area (Å²) in [6.07, 6.45) is 1.83. The average Bonchev–Trinajstić information content (AvgIpc) is 3.01. The van der Waals surface area contributed by atoms with E-state index in [9.17, 15) is 5.26 Å². The van der Waals surface area contributed by atoms with Gasteiger partial charge in [0.15, 0.2) is 11.5 Å². The Balaban J connectivity index is 2.16. The van der Waals surface area contributed by atoms with Crippen LogP contribution in [-0.4, -0.2) is 25.9 Å². The van der Waals surface area contributed by atoms with Crippen LogP contribution in [-0.2, 0) is 7.05 Å². The third-order valence-corrected chi connectivity index (χ3v) is 4.49. The zero-order valence-electron chi connectivity index (χ0n) is 15.3. The van der Waals surface area contributed by atoms with Crippen molar-refractivity contribution < 1.29 is 14.2 Å². The van der Waals surface area contributed by atoms with Gasteiger partial charge >= 0.3 is 0 Å². The Morgan fingerprint density at radius 3 is 2.38 bits per heavy atom. The second kappa shape index (κ2) is 6.85. The molecule has 0 radical (unpaired) electrons. The minimum absolute atomic E-state index is 0.521. The van der Waals surface area contributed by atoms with Gasteiger partial charge < -0.3 is 18.8 Å². The highest BCUT2D eigenvalue weighted by Crippen LogP contribution is 2.43. The van der Waals surface area contributed by atoms with Crippen LogP contribution in [0.15, 0.2) is 43.1 Å². The molecule has 132 valence electrons. The molecule has 0 saturated heterocycles. The normalized spacial score (nSPS) is 10.4. The number of aryl methyl sites for hydroxylation is 1. The standard InChI is InChI=1S/C21H20N2O3/c1-13(16-7-9-19(24-3)21(26-5)20(16)25-4)14-6-8-18-17(10-14)15(11-22)12-23(18)2/h6-10,12H,1H2,2-5H3. The maximum Gasteiger partial charge on any atom is 0.203 e. The van der Waals surface area contributed by atoms with Crippen molar-refractivity contribution in [1.29, 1.82) is 5.26 Å². The second-order valence-corrected chi connectivity index (χ2v) is 5.86. The average molecular weight is 348 g/mol. The first kappa shape index (κ1) is 17.4. The van der Waals surface area contributed by atoms with Crippen molar-refractivity contribution >= 4 is 16.5 Å². The fraction of sp³-hybridized carbons (Fsp3) is 0.190. The zero-order chi connectivity index (χ0) is 18.8. The minimum atomic E-state index is 0.521. The molecule has 0 saturated carbocycles. The number of fused-ring (bicyclic) bond motifs is 1. The summed E-state index contributed by atoms with van der Waals surface area (Å²) >= 11 is 0. The third-order valence-electron chi connectivity index (χ3n) is 4.49. The fourth-order valence-corrected chi connectivity index (χ4v) is 3.16. The van der Waals surface area contributed by atoms with Crippen LogP contribution in [0.1, 0.15) is 16.7 Å². The zero-order valence-corrected chi connectivity index (χ0v) is 15.3. The smallest absolute Gasteiger partial charge is 0.203 e. The molecule has 0 bridgehead atoms. The van der Waals surface area contributed by atoms with Crippen molar-refractivity contribution in [1.82, 2.24) is 4.57 Å². The first-order chi connectivity index (χ1) is 12.5. The van der Waals surface area contributed by atoms with Gasteiger partial charge in [0.1, 0.15) is 6.07 Å². The highest BCUT2D eigenvalue weighted by Gasteiger charge is 2.19. The summed E-state index contributed by atoms with van der Waals surface area (Å²) in [5, 5.41) is 10.3. The molecule has 1 aromatic heterocycles. The van der Waals surface area contributed by atoms with Gasteiger partial charge in [-0.3, -0.25) is 0 Å². The lowest BCUT2D eigenvalue weighted by molar-refractivity contribution is 0.324. The van der Waals surface area contributed by atoms with E-state index < -0.39 is 0 Å². The van der Waals surface area contributed by atoms with Gasteiger partial charge in [-0.2, -0.15) is 5.26 Å². The molecular formula is C21H20N2O3. The summed E-state index contributed by atoms with van der Waals surface area (Å²) < 4.78 is 18.3. The Morgan fingerprint density at radius 2 is 1.77 bits per heavy atom. The van der Waals surface area contributed by atoms with Crippen LogP contribution in [0.2, 0.25) is 0 Å². The minimum Gasteiger partial charge on any atom is -0.493 e. The Kier molecular flexibility index (Phi) is 4.59. The van der Waals surface area contributed by atoms with Gasteiger partial charge in [0.05, 0.1) is 26.9 Å². The Hall–Kier alpha value is -3.39. The van der Waals surface area contributed by atoms with E-state index in [1.54, 1.807) is 21.3 Å². The molecule has 0 N–H and O–H groups in total. The van der Waals surface area contributed by atoms with Crippen LogP contribution in [0.3, 0.4) is 0 Å². The van der Waals surface area contributed by atoms with Crippen molar-refractivity contribution in [2.45, 2.75) is 0 Å². The highest BCUT2D eigenvalue weighted by molar-refractivity contribution is 5.92. The summed E-state index contributed by atoms with van der Waals surface area (Å²) in [4.78, 5) is 0. The largest absolute Gasteiger partial charge is 0.493 e. The maximum absolute atomic E-state index is 9.37. The molecule has 0 fully saturated rings. The Bertz CT molecular complexity index is 1040. The predicted molar refractivity (Wildman–Crippen MR) is 102 cm³/mol. The lowest BCUT2D eigenvalue weighted by atomic mass is 9.96. The maximum atomic E-state index is 9.37. The molecule has 0 amide bonds. The van der Waals surface area contributed by atoms with E-state index in [0.717, 1.165) is 27.6 Å². The van der Waals surface area contributed by atoms with Crippen LogP contribution >= 0.6 is 0 Å². The molecule has 0 unspecified atom stereocenters. The number of hydrogen-bond donors (Lipinski definition) is 0. The van der Waals surface area contributed by atoms with Crippen molar-refractivity contribution in [2.75, 3.05) is 21.3 Å². The number of nitrogens with zero attached hydrogens (tertiary/aromatic N) is 2. The van der Waals surface area contributed by atoms with Gasteiger partial charge in [-0.1, -0.05) is 12.6 Å². The quantitative estimate of drug-likeness (QED) is 0.695. The Morgan fingerprint density at radius 1 is 1.04 bits per heavy atom. The van der Waals surface area contributed by atoms with E-state index >= 15 is 0 Å². The predicted octanol–water partition coefficient (Wildman–Crippen LogP) is 4.14. The van der Waals surface area contributed by atoms with Crippen molar-refractivity contribution in [3.63, 3.8) is 0 Å². The van der Waals surface area contributed by atoms with Gasteiger partial charge in [0.25, 0.3) is 0 Å². The molecule has 0 aliphatic rings. The molecule has 3 aromatic rings. The number of ether oxygens (including phenoxy) is 3. The van der Waals surface area contributed by atoms with Gasteiger partial charge in [-0.05, 0) is 35.4 Å². The number of nitriles is 1. The van der Waals surface area contributed by atoms with E-state index in [2.05, 4.69) is 12.6 Å². The van der Waals surface area contributed by atoms with Crippen LogP contribution in [0.25, 0.3) is 16.5 Å². The molecule has 26 heavy (non-hydrogen) atoms. The van der Waals surface area contributed by atoms with Crippen LogP contribution in [0, 0.1) is 11.3 Å². The monoisotopic (exact) mass is 348 g/mol. The molecule has 5 nitrogen and oxygen atoms in total. The fourth-order valence-electron chi connectivity index (χ4n) is 3.16. The van der Waals surface area contributed by atoms with E-state index in [1.807, 2.05) is 48.1 Å². The summed E-state index contributed by atoms with van der Waals surface area (Å²) in [5.41, 5.74) is 4.12. The molecule has 2 aromatic carbocycles. The van der Waals surface area contributed by atoms with Crippen molar-refractivity contribution in [3.8, 4) is 23.3 Å². The summed E-state index contributed by atoms with van der Waals surface area (Å²) in [5.74, 6) is 1.67. The number of hydrogen-bond acceptors (Lipinski definition) is 4. The third kappa shape index (κ3) is 2.66. The van der Waals surface area contributed by atoms with Crippen molar-refractivity contribution in [3.05, 3.63) is 59.8 Å². The van der Waals surface area contributed by atoms with Crippen LogP contribution in [0.5, 0.6) is 17.2 Å². The molecule has 0 spiro atoms. The van der Waals surface area contributed by atoms with E-state index in [-0.39, 0.29) is 0 Å². The van der Waals surface area contributed by atoms with E-state index in [1.165, 1.54) is 0 Å². The summed E-state index contributed by atoms with van der Waals surface area (Å²) in [6, 6.07) is 11.9. The van der Waals surface area contributed by atoms with E-state index in [0.29, 0.717) is 22.8 Å². The Labute approximate surface area is 152 Å². The molecule has 1 heterocycles.